The maximum atomic E-state index is 12.5. The lowest BCUT2D eigenvalue weighted by molar-refractivity contribution is -0.139. The van der Waals surface area contributed by atoms with Crippen molar-refractivity contribution in [2.75, 3.05) is 12.3 Å². The zero-order chi connectivity index (χ0) is 28.2. The van der Waals surface area contributed by atoms with E-state index in [0.717, 1.165) is 0 Å². The molecule has 202 valence electrons. The summed E-state index contributed by atoms with van der Waals surface area (Å²) in [6.45, 7) is -0.633. The molecular formula is C25H27N3O9S. The minimum atomic E-state index is -1.38. The first-order chi connectivity index (χ1) is 18.0. The summed E-state index contributed by atoms with van der Waals surface area (Å²) in [5, 5.41) is 43.8. The van der Waals surface area contributed by atoms with Crippen molar-refractivity contribution in [3.8, 4) is 11.5 Å². The Bertz CT molecular complexity index is 1220. The van der Waals surface area contributed by atoms with Crippen molar-refractivity contribution in [2.24, 2.45) is 0 Å². The van der Waals surface area contributed by atoms with E-state index in [1.54, 1.807) is 30.4 Å². The topological polar surface area (TPSA) is 202 Å². The fourth-order valence-electron chi connectivity index (χ4n) is 3.10. The predicted octanol–water partition coefficient (Wildman–Crippen LogP) is 0.847. The number of thiol groups is 1. The third-order valence-corrected chi connectivity index (χ3v) is 5.52. The molecule has 13 heteroatoms. The van der Waals surface area contributed by atoms with Crippen LogP contribution in [0.15, 0.2) is 42.5 Å². The lowest BCUT2D eigenvalue weighted by Crippen LogP contribution is -2.49. The summed E-state index contributed by atoms with van der Waals surface area (Å²) >= 11 is 3.95. The Balaban J connectivity index is 1.92. The number of amides is 3. The molecule has 0 aromatic heterocycles. The Morgan fingerprint density at radius 2 is 1.47 bits per heavy atom. The summed E-state index contributed by atoms with van der Waals surface area (Å²) in [6.07, 6.45) is 2.81. The zero-order valence-corrected chi connectivity index (χ0v) is 20.9. The van der Waals surface area contributed by atoms with E-state index in [-0.39, 0.29) is 35.7 Å². The molecule has 0 spiro atoms. The number of carbonyl (C=O) groups excluding carboxylic acids is 3. The van der Waals surface area contributed by atoms with E-state index in [1.807, 2.05) is 0 Å². The molecule has 0 saturated carbocycles. The summed E-state index contributed by atoms with van der Waals surface area (Å²) in [6, 6.07) is 8.07. The van der Waals surface area contributed by atoms with Gasteiger partial charge >= 0.3 is 11.9 Å². The average Bonchev–Trinajstić information content (AvgIpc) is 2.88. The van der Waals surface area contributed by atoms with Crippen molar-refractivity contribution in [3.63, 3.8) is 0 Å². The number of rotatable bonds is 13. The van der Waals surface area contributed by atoms with E-state index in [2.05, 4.69) is 28.6 Å². The van der Waals surface area contributed by atoms with Crippen molar-refractivity contribution >= 4 is 54.4 Å². The molecule has 2 aromatic rings. The number of aromatic hydroxyl groups is 2. The highest BCUT2D eigenvalue weighted by Crippen LogP contribution is 2.25. The van der Waals surface area contributed by atoms with Crippen LogP contribution in [0.3, 0.4) is 0 Å². The number of phenolic OH excluding ortho intramolecular Hbond substituents is 2. The minimum absolute atomic E-state index is 0.112. The summed E-state index contributed by atoms with van der Waals surface area (Å²) in [5.74, 6) is -5.31. The summed E-state index contributed by atoms with van der Waals surface area (Å²) in [7, 11) is 0. The van der Waals surface area contributed by atoms with Gasteiger partial charge in [0.05, 0.1) is 0 Å². The Kier molecular flexibility index (Phi) is 11.2. The molecule has 2 atom stereocenters. The van der Waals surface area contributed by atoms with Gasteiger partial charge in [0.15, 0.2) is 11.5 Å². The quantitative estimate of drug-likeness (QED) is 0.102. The van der Waals surface area contributed by atoms with Crippen molar-refractivity contribution in [1.29, 1.82) is 0 Å². The Morgan fingerprint density at radius 1 is 0.842 bits per heavy atom. The van der Waals surface area contributed by atoms with E-state index >= 15 is 0 Å². The highest BCUT2D eigenvalue weighted by atomic mass is 32.1. The van der Waals surface area contributed by atoms with Gasteiger partial charge in [-0.1, -0.05) is 30.4 Å². The third-order valence-electron chi connectivity index (χ3n) is 5.15. The zero-order valence-electron chi connectivity index (χ0n) is 20.0. The molecule has 3 amide bonds. The van der Waals surface area contributed by atoms with Gasteiger partial charge in [0.1, 0.15) is 18.6 Å². The molecule has 0 aliphatic heterocycles. The number of benzene rings is 2. The largest absolute Gasteiger partial charge is 0.504 e. The van der Waals surface area contributed by atoms with Gasteiger partial charge in [-0.05, 0) is 41.8 Å². The van der Waals surface area contributed by atoms with Crippen LogP contribution >= 0.6 is 12.6 Å². The van der Waals surface area contributed by atoms with Crippen molar-refractivity contribution in [3.05, 3.63) is 59.2 Å². The second-order valence-corrected chi connectivity index (χ2v) is 8.39. The van der Waals surface area contributed by atoms with Gasteiger partial charge in [-0.2, -0.15) is 12.6 Å². The van der Waals surface area contributed by atoms with E-state index in [1.165, 1.54) is 24.3 Å². The normalized spacial score (nSPS) is 12.3. The van der Waals surface area contributed by atoms with Gasteiger partial charge in [-0.15, -0.1) is 0 Å². The molecule has 0 bridgehead atoms. The van der Waals surface area contributed by atoms with Gasteiger partial charge in [-0.25, -0.2) is 4.79 Å². The lowest BCUT2D eigenvalue weighted by atomic mass is 10.1. The van der Waals surface area contributed by atoms with Crippen molar-refractivity contribution in [2.45, 2.75) is 24.9 Å². The van der Waals surface area contributed by atoms with Gasteiger partial charge in [0, 0.05) is 17.7 Å². The number of carboxylic acid groups (broad SMARTS) is 2. The fraction of sp³-hybridized carbons (Fsp3) is 0.240. The third kappa shape index (κ3) is 9.50. The molecular weight excluding hydrogens is 518 g/mol. The first-order valence-corrected chi connectivity index (χ1v) is 11.9. The predicted molar refractivity (Wildman–Crippen MR) is 140 cm³/mol. The van der Waals surface area contributed by atoms with Crippen LogP contribution in [0.4, 0.5) is 0 Å². The monoisotopic (exact) mass is 545 g/mol. The number of carboxylic acids is 2. The molecule has 2 aromatic carbocycles. The lowest BCUT2D eigenvalue weighted by Gasteiger charge is -2.17. The van der Waals surface area contributed by atoms with Crippen LogP contribution in [-0.4, -0.2) is 74.5 Å². The summed E-state index contributed by atoms with van der Waals surface area (Å²) < 4.78 is 0. The number of hydrogen-bond donors (Lipinski definition) is 8. The van der Waals surface area contributed by atoms with Gasteiger partial charge in [0.25, 0.3) is 5.91 Å². The average molecular weight is 546 g/mol. The molecule has 38 heavy (non-hydrogen) atoms. The SMILES string of the molecule is O=C(O)CNC(=O)C(CS)NC(=O)CCC(NC(=O)c1ccc(C=Cc2ccc(O)c(O)c2)cc1)C(=O)O. The highest BCUT2D eigenvalue weighted by Gasteiger charge is 2.24. The van der Waals surface area contributed by atoms with Crippen LogP contribution in [0.5, 0.6) is 11.5 Å². The smallest absolute Gasteiger partial charge is 0.326 e. The maximum Gasteiger partial charge on any atom is 0.326 e. The van der Waals surface area contributed by atoms with Crippen LogP contribution in [0, 0.1) is 0 Å². The van der Waals surface area contributed by atoms with Crippen molar-refractivity contribution in [1.82, 2.24) is 16.0 Å². The number of carbonyl (C=O) groups is 5. The number of phenols is 2. The first kappa shape index (κ1) is 29.7. The van der Waals surface area contributed by atoms with Crippen LogP contribution in [0.25, 0.3) is 12.2 Å². The number of aliphatic carboxylic acids is 2. The Hall–Kier alpha value is -4.52. The Morgan fingerprint density at radius 3 is 2.05 bits per heavy atom. The van der Waals surface area contributed by atoms with E-state index in [0.29, 0.717) is 11.1 Å². The Labute approximate surface area is 222 Å². The molecule has 12 nitrogen and oxygen atoms in total. The van der Waals surface area contributed by atoms with Crippen LogP contribution < -0.4 is 16.0 Å². The van der Waals surface area contributed by atoms with Crippen LogP contribution in [0.2, 0.25) is 0 Å². The summed E-state index contributed by atoms with van der Waals surface area (Å²) in [5.41, 5.74) is 1.54. The highest BCUT2D eigenvalue weighted by molar-refractivity contribution is 7.80. The first-order valence-electron chi connectivity index (χ1n) is 11.2. The van der Waals surface area contributed by atoms with Gasteiger partial charge in [0.2, 0.25) is 11.8 Å². The molecule has 2 unspecified atom stereocenters. The molecule has 2 rings (SSSR count). The number of hydrogen-bond acceptors (Lipinski definition) is 8. The second kappa shape index (κ2) is 14.3. The molecule has 0 aliphatic rings. The van der Waals surface area contributed by atoms with Gasteiger partial charge < -0.3 is 36.4 Å². The van der Waals surface area contributed by atoms with Crippen LogP contribution in [-0.2, 0) is 19.2 Å². The number of nitrogens with one attached hydrogen (secondary N) is 3. The maximum absolute atomic E-state index is 12.5. The molecule has 0 radical (unpaired) electrons. The molecule has 0 aliphatic carbocycles. The standard InChI is InChI=1S/C25H27N3O9S/c29-19-9-5-15(11-20(19)30)2-1-14-3-6-16(7-4-14)23(34)28-17(25(36)37)8-10-21(31)27-18(13-38)24(35)26-12-22(32)33/h1-7,9,11,17-18,29-30,38H,8,10,12-13H2,(H,26,35)(H,27,31)(H,28,34)(H,32,33)(H,36,37). The molecule has 0 fully saturated rings. The van der Waals surface area contributed by atoms with Gasteiger partial charge in [-0.3, -0.25) is 19.2 Å². The van der Waals surface area contributed by atoms with Crippen molar-refractivity contribution < 1.29 is 44.4 Å². The molecule has 7 N–H and O–H groups in total. The summed E-state index contributed by atoms with van der Waals surface area (Å²) in [4.78, 5) is 58.8. The van der Waals surface area contributed by atoms with E-state index < -0.39 is 48.3 Å². The second-order valence-electron chi connectivity index (χ2n) is 8.02. The molecule has 0 heterocycles. The minimum Gasteiger partial charge on any atom is -0.504 e. The van der Waals surface area contributed by atoms with Crippen LogP contribution in [0.1, 0.15) is 34.3 Å². The van der Waals surface area contributed by atoms with E-state index in [4.69, 9.17) is 5.11 Å². The fourth-order valence-corrected chi connectivity index (χ4v) is 3.36. The van der Waals surface area contributed by atoms with E-state index in [9.17, 15) is 39.3 Å². The molecule has 0 saturated heterocycles.